The summed E-state index contributed by atoms with van der Waals surface area (Å²) in [5, 5.41) is 15.7. The molecule has 2 aromatic rings. The average Bonchev–Trinajstić information content (AvgIpc) is 3.12. The van der Waals surface area contributed by atoms with Crippen molar-refractivity contribution in [3.8, 4) is 11.4 Å². The molecule has 1 saturated heterocycles. The fourth-order valence-electron chi connectivity index (χ4n) is 2.93. The molecule has 0 aliphatic carbocycles. The number of halogens is 3. The molecule has 1 aliphatic rings. The smallest absolute Gasteiger partial charge is 0.388 e. The number of rotatable bonds is 4. The molecular weight excluding hydrogens is 339 g/mol. The highest BCUT2D eigenvalue weighted by molar-refractivity contribution is 5.54. The third-order valence-electron chi connectivity index (χ3n) is 4.38. The first-order valence-corrected chi connectivity index (χ1v) is 7.87. The normalized spacial score (nSPS) is 18.4. The van der Waals surface area contributed by atoms with Gasteiger partial charge in [0.25, 0.3) is 0 Å². The van der Waals surface area contributed by atoms with Crippen LogP contribution in [0.2, 0.25) is 0 Å². The van der Waals surface area contributed by atoms with Gasteiger partial charge in [-0.1, -0.05) is 29.4 Å². The summed E-state index contributed by atoms with van der Waals surface area (Å²) < 4.78 is 41.7. The van der Waals surface area contributed by atoms with Crippen LogP contribution >= 0.6 is 0 Å². The number of nitrogens with zero attached hydrogens (tertiary/aromatic N) is 3. The number of hydroxylamine groups is 2. The molecule has 9 heteroatoms. The number of hydrogen-bond donors (Lipinski definition) is 1. The summed E-state index contributed by atoms with van der Waals surface area (Å²) in [4.78, 5) is 8.51. The first-order chi connectivity index (χ1) is 11.9. The Balaban J connectivity index is 1.69. The fourth-order valence-corrected chi connectivity index (χ4v) is 2.93. The van der Waals surface area contributed by atoms with Gasteiger partial charge >= 0.3 is 12.1 Å². The van der Waals surface area contributed by atoms with Gasteiger partial charge in [0.15, 0.2) is 0 Å². The zero-order valence-electron chi connectivity index (χ0n) is 13.5. The molecule has 136 valence electrons. The Kier molecular flexibility index (Phi) is 5.07. The monoisotopic (exact) mass is 357 g/mol. The highest BCUT2D eigenvalue weighted by atomic mass is 19.4. The van der Waals surface area contributed by atoms with E-state index in [1.165, 1.54) is 0 Å². The van der Waals surface area contributed by atoms with Gasteiger partial charge in [0, 0.05) is 18.7 Å². The molecule has 1 fully saturated rings. The lowest BCUT2D eigenvalue weighted by Gasteiger charge is -2.32. The third-order valence-corrected chi connectivity index (χ3v) is 4.38. The van der Waals surface area contributed by atoms with Crippen LogP contribution < -0.4 is 0 Å². The maximum absolute atomic E-state index is 12.5. The molecule has 0 radical (unpaired) electrons. The summed E-state index contributed by atoms with van der Waals surface area (Å²) >= 11 is 0. The number of aliphatic hydroxyl groups is 1. The van der Waals surface area contributed by atoms with Crippen LogP contribution in [-0.2, 0) is 11.0 Å². The molecule has 3 rings (SSSR count). The maximum Gasteiger partial charge on any atom is 0.471 e. The van der Waals surface area contributed by atoms with Gasteiger partial charge in [0.05, 0.1) is 13.2 Å². The molecular formula is C16H18F3N3O3. The minimum absolute atomic E-state index is 0.110. The summed E-state index contributed by atoms with van der Waals surface area (Å²) in [6, 6.07) is 6.50. The van der Waals surface area contributed by atoms with E-state index in [0.29, 0.717) is 11.1 Å². The Morgan fingerprint density at radius 1 is 1.24 bits per heavy atom. The topological polar surface area (TPSA) is 71.6 Å². The van der Waals surface area contributed by atoms with Crippen molar-refractivity contribution < 1.29 is 27.6 Å². The van der Waals surface area contributed by atoms with Crippen LogP contribution in [0.1, 0.15) is 30.4 Å². The predicted molar refractivity (Wildman–Crippen MR) is 81.0 cm³/mol. The van der Waals surface area contributed by atoms with Gasteiger partial charge < -0.3 is 14.5 Å². The molecule has 0 saturated carbocycles. The number of benzene rings is 1. The van der Waals surface area contributed by atoms with Crippen LogP contribution in [0.25, 0.3) is 11.4 Å². The standard InChI is InChI=1S/C16H18F3N3O3/c1-24-22-8-6-11(7-9-22)13(23)10-2-4-12(5-3-10)14-20-15(25-21-14)16(17,18)19/h2-5,11,13,23H,6-9H2,1H3. The fraction of sp³-hybridized carbons (Fsp3) is 0.500. The van der Waals surface area contributed by atoms with Crippen LogP contribution in [0.15, 0.2) is 28.8 Å². The van der Waals surface area contributed by atoms with Gasteiger partial charge in [-0.05, 0) is 24.3 Å². The summed E-state index contributed by atoms with van der Waals surface area (Å²) in [6.45, 7) is 1.50. The highest BCUT2D eigenvalue weighted by Crippen LogP contribution is 2.32. The SMILES string of the molecule is CON1CCC(C(O)c2ccc(-c3noc(C(F)(F)F)n3)cc2)CC1. The molecule has 0 bridgehead atoms. The number of alkyl halides is 3. The van der Waals surface area contributed by atoms with Crippen molar-refractivity contribution in [1.82, 2.24) is 15.2 Å². The molecule has 6 nitrogen and oxygen atoms in total. The molecule has 1 aromatic carbocycles. The number of piperidine rings is 1. The van der Waals surface area contributed by atoms with Crippen molar-refractivity contribution >= 4 is 0 Å². The first kappa shape index (κ1) is 17.8. The van der Waals surface area contributed by atoms with E-state index >= 15 is 0 Å². The number of aromatic nitrogens is 2. The van der Waals surface area contributed by atoms with Crippen LogP contribution in [-0.4, -0.2) is 40.5 Å². The minimum atomic E-state index is -4.67. The zero-order chi connectivity index (χ0) is 18.0. The Morgan fingerprint density at radius 2 is 1.88 bits per heavy atom. The average molecular weight is 357 g/mol. The van der Waals surface area contributed by atoms with Gasteiger partial charge in [-0.2, -0.15) is 23.2 Å². The molecule has 1 N–H and O–H groups in total. The third kappa shape index (κ3) is 4.00. The van der Waals surface area contributed by atoms with Crippen LogP contribution in [0.3, 0.4) is 0 Å². The summed E-state index contributed by atoms with van der Waals surface area (Å²) in [5.41, 5.74) is 1.10. The van der Waals surface area contributed by atoms with Crippen LogP contribution in [0.5, 0.6) is 0 Å². The molecule has 1 aliphatic heterocycles. The van der Waals surface area contributed by atoms with Gasteiger partial charge in [0.2, 0.25) is 5.82 Å². The first-order valence-electron chi connectivity index (χ1n) is 7.87. The van der Waals surface area contributed by atoms with E-state index in [-0.39, 0.29) is 11.7 Å². The van der Waals surface area contributed by atoms with Crippen LogP contribution in [0.4, 0.5) is 13.2 Å². The van der Waals surface area contributed by atoms with Crippen molar-refractivity contribution in [2.75, 3.05) is 20.2 Å². The van der Waals surface area contributed by atoms with Crippen molar-refractivity contribution in [3.05, 3.63) is 35.7 Å². The Hall–Kier alpha value is -1.97. The second-order valence-corrected chi connectivity index (χ2v) is 5.94. The largest absolute Gasteiger partial charge is 0.471 e. The number of hydrogen-bond acceptors (Lipinski definition) is 6. The van der Waals surface area contributed by atoms with Crippen molar-refractivity contribution in [3.63, 3.8) is 0 Å². The second kappa shape index (κ2) is 7.11. The van der Waals surface area contributed by atoms with E-state index in [1.807, 2.05) is 5.06 Å². The van der Waals surface area contributed by atoms with Crippen molar-refractivity contribution in [2.24, 2.45) is 5.92 Å². The molecule has 0 spiro atoms. The summed E-state index contributed by atoms with van der Waals surface area (Å²) in [5.74, 6) is -1.41. The molecule has 1 aromatic heterocycles. The number of aliphatic hydroxyl groups excluding tert-OH is 1. The molecule has 0 amide bonds. The van der Waals surface area contributed by atoms with Crippen LogP contribution in [0, 0.1) is 5.92 Å². The van der Waals surface area contributed by atoms with Crippen molar-refractivity contribution in [2.45, 2.75) is 25.1 Å². The lowest BCUT2D eigenvalue weighted by atomic mass is 9.88. The Morgan fingerprint density at radius 3 is 2.40 bits per heavy atom. The Labute approximate surface area is 142 Å². The van der Waals surface area contributed by atoms with E-state index in [4.69, 9.17) is 4.84 Å². The zero-order valence-corrected chi connectivity index (χ0v) is 13.5. The Bertz CT molecular complexity index is 695. The predicted octanol–water partition coefficient (Wildman–Crippen LogP) is 3.06. The van der Waals surface area contributed by atoms with E-state index in [1.54, 1.807) is 31.4 Å². The molecule has 2 heterocycles. The highest BCUT2D eigenvalue weighted by Gasteiger charge is 2.38. The van der Waals surface area contributed by atoms with E-state index in [9.17, 15) is 18.3 Å². The van der Waals surface area contributed by atoms with Gasteiger partial charge in [0.1, 0.15) is 0 Å². The molecule has 25 heavy (non-hydrogen) atoms. The van der Waals surface area contributed by atoms with Crippen molar-refractivity contribution in [1.29, 1.82) is 0 Å². The van der Waals surface area contributed by atoms with E-state index in [0.717, 1.165) is 25.9 Å². The summed E-state index contributed by atoms with van der Waals surface area (Å²) in [6.07, 6.45) is -3.70. The molecule has 1 atom stereocenters. The lowest BCUT2D eigenvalue weighted by Crippen LogP contribution is -2.34. The van der Waals surface area contributed by atoms with E-state index in [2.05, 4.69) is 14.7 Å². The van der Waals surface area contributed by atoms with E-state index < -0.39 is 18.2 Å². The maximum atomic E-state index is 12.5. The van der Waals surface area contributed by atoms with Gasteiger partial charge in [-0.25, -0.2) is 0 Å². The lowest BCUT2D eigenvalue weighted by molar-refractivity contribution is -0.159. The van der Waals surface area contributed by atoms with Gasteiger partial charge in [-0.3, -0.25) is 0 Å². The summed E-state index contributed by atoms with van der Waals surface area (Å²) in [7, 11) is 1.62. The van der Waals surface area contributed by atoms with Gasteiger partial charge in [-0.15, -0.1) is 0 Å². The molecule has 1 unspecified atom stereocenters. The minimum Gasteiger partial charge on any atom is -0.388 e. The quantitative estimate of drug-likeness (QED) is 0.907. The second-order valence-electron chi connectivity index (χ2n) is 5.94.